The molecular formula is C16H23NO4. The Morgan fingerprint density at radius 3 is 2.67 bits per heavy atom. The first-order valence-corrected chi connectivity index (χ1v) is 7.23. The van der Waals surface area contributed by atoms with Gasteiger partial charge >= 0.3 is 0 Å². The number of rotatable bonds is 10. The Balaban J connectivity index is 2.01. The lowest BCUT2D eigenvalue weighted by Crippen LogP contribution is -2.32. The van der Waals surface area contributed by atoms with E-state index in [-0.39, 0.29) is 5.54 Å². The molecule has 0 radical (unpaired) electrons. The molecule has 116 valence electrons. The highest BCUT2D eigenvalue weighted by atomic mass is 16.5. The van der Waals surface area contributed by atoms with E-state index >= 15 is 0 Å². The molecule has 1 aromatic rings. The van der Waals surface area contributed by atoms with Crippen LogP contribution in [0.2, 0.25) is 0 Å². The first-order chi connectivity index (χ1) is 10.2. The molecule has 2 rings (SSSR count). The van der Waals surface area contributed by atoms with Gasteiger partial charge in [-0.25, -0.2) is 0 Å². The van der Waals surface area contributed by atoms with Crippen LogP contribution in [0.25, 0.3) is 0 Å². The van der Waals surface area contributed by atoms with Gasteiger partial charge in [-0.3, -0.25) is 4.79 Å². The minimum Gasteiger partial charge on any atom is -0.493 e. The summed E-state index contributed by atoms with van der Waals surface area (Å²) in [6, 6.07) is 5.93. The summed E-state index contributed by atoms with van der Waals surface area (Å²) in [5, 5.41) is 2.92. The molecule has 0 atom stereocenters. The Bertz CT molecular complexity index is 471. The Kier molecular flexibility index (Phi) is 5.44. The molecule has 0 saturated heterocycles. The van der Waals surface area contributed by atoms with Gasteiger partial charge in [0.25, 0.3) is 0 Å². The Labute approximate surface area is 125 Å². The van der Waals surface area contributed by atoms with Gasteiger partial charge in [0.1, 0.15) is 0 Å². The molecule has 5 heteroatoms. The van der Waals surface area contributed by atoms with Crippen LogP contribution in [0.15, 0.2) is 18.2 Å². The van der Waals surface area contributed by atoms with Crippen molar-refractivity contribution in [3.8, 4) is 11.5 Å². The van der Waals surface area contributed by atoms with Crippen LogP contribution in [0, 0.1) is 0 Å². The lowest BCUT2D eigenvalue weighted by molar-refractivity contribution is -0.110. The van der Waals surface area contributed by atoms with Crippen LogP contribution < -0.4 is 14.8 Å². The smallest absolute Gasteiger partial charge is 0.207 e. The quantitative estimate of drug-likeness (QED) is 0.529. The van der Waals surface area contributed by atoms with Crippen molar-refractivity contribution in [3.05, 3.63) is 23.8 Å². The second-order valence-corrected chi connectivity index (χ2v) is 5.40. The standard InChI is InChI=1S/C16H23NO4/c1-19-8-3-9-21-15-10-13(4-5-14(15)20-2)11-16(6-7-16)17-12-18/h4-5,10,12H,3,6-9,11H2,1-2H3,(H,17,18). The summed E-state index contributed by atoms with van der Waals surface area (Å²) in [5.41, 5.74) is 1.09. The fraction of sp³-hybridized carbons (Fsp3) is 0.562. The third-order valence-electron chi connectivity index (χ3n) is 3.74. The number of carbonyl (C=O) groups is 1. The molecule has 0 spiro atoms. The van der Waals surface area contributed by atoms with Crippen molar-refractivity contribution in [1.82, 2.24) is 5.32 Å². The number of methoxy groups -OCH3 is 2. The predicted molar refractivity (Wildman–Crippen MR) is 79.9 cm³/mol. The summed E-state index contributed by atoms with van der Waals surface area (Å²) in [7, 11) is 3.31. The highest BCUT2D eigenvalue weighted by Crippen LogP contribution is 2.39. The number of hydrogen-bond acceptors (Lipinski definition) is 4. The average molecular weight is 293 g/mol. The van der Waals surface area contributed by atoms with E-state index in [1.165, 1.54) is 0 Å². The van der Waals surface area contributed by atoms with E-state index in [1.54, 1.807) is 14.2 Å². The van der Waals surface area contributed by atoms with Crippen molar-refractivity contribution < 1.29 is 19.0 Å². The molecule has 1 amide bonds. The molecule has 0 heterocycles. The van der Waals surface area contributed by atoms with E-state index in [2.05, 4.69) is 5.32 Å². The van der Waals surface area contributed by atoms with Gasteiger partial charge < -0.3 is 19.5 Å². The summed E-state index contributed by atoms with van der Waals surface area (Å²) < 4.78 is 16.1. The number of benzene rings is 1. The van der Waals surface area contributed by atoms with E-state index in [4.69, 9.17) is 14.2 Å². The van der Waals surface area contributed by atoms with Crippen molar-refractivity contribution >= 4 is 6.41 Å². The van der Waals surface area contributed by atoms with Crippen molar-refractivity contribution in [3.63, 3.8) is 0 Å². The largest absolute Gasteiger partial charge is 0.493 e. The molecule has 1 aliphatic rings. The second-order valence-electron chi connectivity index (χ2n) is 5.40. The SMILES string of the molecule is COCCCOc1cc(CC2(NC=O)CC2)ccc1OC. The highest BCUT2D eigenvalue weighted by Gasteiger charge is 2.42. The number of carbonyl (C=O) groups excluding carboxylic acids is 1. The van der Waals surface area contributed by atoms with Crippen molar-refractivity contribution in [2.24, 2.45) is 0 Å². The average Bonchev–Trinajstić information content (AvgIpc) is 3.24. The number of hydrogen-bond donors (Lipinski definition) is 1. The molecule has 0 unspecified atom stereocenters. The molecule has 5 nitrogen and oxygen atoms in total. The van der Waals surface area contributed by atoms with E-state index < -0.39 is 0 Å². The van der Waals surface area contributed by atoms with Crippen LogP contribution in [-0.2, 0) is 16.0 Å². The molecule has 0 aliphatic heterocycles. The summed E-state index contributed by atoms with van der Waals surface area (Å²) >= 11 is 0. The van der Waals surface area contributed by atoms with Crippen LogP contribution >= 0.6 is 0 Å². The maximum absolute atomic E-state index is 10.7. The van der Waals surface area contributed by atoms with Crippen molar-refractivity contribution in [1.29, 1.82) is 0 Å². The van der Waals surface area contributed by atoms with Gasteiger partial charge in [-0.2, -0.15) is 0 Å². The summed E-state index contributed by atoms with van der Waals surface area (Å²) in [6.07, 6.45) is 4.51. The molecule has 1 N–H and O–H groups in total. The monoisotopic (exact) mass is 293 g/mol. The zero-order valence-electron chi connectivity index (χ0n) is 12.7. The molecule has 1 aliphatic carbocycles. The van der Waals surface area contributed by atoms with E-state index in [1.807, 2.05) is 18.2 Å². The van der Waals surface area contributed by atoms with E-state index in [9.17, 15) is 4.79 Å². The van der Waals surface area contributed by atoms with Crippen molar-refractivity contribution in [2.75, 3.05) is 27.4 Å². The molecule has 0 aromatic heterocycles. The highest BCUT2D eigenvalue weighted by molar-refractivity contribution is 5.50. The number of nitrogens with one attached hydrogen (secondary N) is 1. The topological polar surface area (TPSA) is 56.8 Å². The first-order valence-electron chi connectivity index (χ1n) is 7.23. The second kappa shape index (κ2) is 7.31. The van der Waals surface area contributed by atoms with Crippen LogP contribution in [0.3, 0.4) is 0 Å². The van der Waals surface area contributed by atoms with Crippen LogP contribution in [0.1, 0.15) is 24.8 Å². The zero-order valence-corrected chi connectivity index (χ0v) is 12.7. The molecule has 1 aromatic carbocycles. The molecular weight excluding hydrogens is 270 g/mol. The van der Waals surface area contributed by atoms with Gasteiger partial charge in [0.15, 0.2) is 11.5 Å². The number of amides is 1. The van der Waals surface area contributed by atoms with Gasteiger partial charge in [-0.1, -0.05) is 6.07 Å². The van der Waals surface area contributed by atoms with Crippen LogP contribution in [0.5, 0.6) is 11.5 Å². The third kappa shape index (κ3) is 4.36. The number of ether oxygens (including phenoxy) is 3. The maximum Gasteiger partial charge on any atom is 0.207 e. The summed E-state index contributed by atoms with van der Waals surface area (Å²) in [5.74, 6) is 1.47. The van der Waals surface area contributed by atoms with E-state index in [0.29, 0.717) is 13.2 Å². The Morgan fingerprint density at radius 1 is 1.24 bits per heavy atom. The molecule has 0 bridgehead atoms. The summed E-state index contributed by atoms with van der Waals surface area (Å²) in [6.45, 7) is 1.26. The fourth-order valence-corrected chi connectivity index (χ4v) is 2.37. The van der Waals surface area contributed by atoms with Gasteiger partial charge in [0, 0.05) is 25.7 Å². The third-order valence-corrected chi connectivity index (χ3v) is 3.74. The molecule has 21 heavy (non-hydrogen) atoms. The minimum atomic E-state index is -0.0519. The first kappa shape index (κ1) is 15.6. The van der Waals surface area contributed by atoms with Crippen LogP contribution in [0.4, 0.5) is 0 Å². The molecule has 1 fully saturated rings. The zero-order chi connectivity index (χ0) is 15.1. The lowest BCUT2D eigenvalue weighted by Gasteiger charge is -2.16. The van der Waals surface area contributed by atoms with Gasteiger partial charge in [-0.15, -0.1) is 0 Å². The van der Waals surface area contributed by atoms with Gasteiger partial charge in [0.2, 0.25) is 6.41 Å². The fourth-order valence-electron chi connectivity index (χ4n) is 2.37. The van der Waals surface area contributed by atoms with Crippen LogP contribution in [-0.4, -0.2) is 39.4 Å². The predicted octanol–water partition coefficient (Wildman–Crippen LogP) is 1.93. The van der Waals surface area contributed by atoms with E-state index in [0.717, 1.165) is 49.2 Å². The minimum absolute atomic E-state index is 0.0519. The van der Waals surface area contributed by atoms with Gasteiger partial charge in [-0.05, 0) is 37.0 Å². The maximum atomic E-state index is 10.7. The van der Waals surface area contributed by atoms with Crippen molar-refractivity contribution in [2.45, 2.75) is 31.2 Å². The molecule has 1 saturated carbocycles. The Morgan fingerprint density at radius 2 is 2.05 bits per heavy atom. The lowest BCUT2D eigenvalue weighted by atomic mass is 10.0. The summed E-state index contributed by atoms with van der Waals surface area (Å²) in [4.78, 5) is 10.7. The Hall–Kier alpha value is -1.75. The normalized spacial score (nSPS) is 15.3. The van der Waals surface area contributed by atoms with Gasteiger partial charge in [0.05, 0.1) is 13.7 Å².